The molecule has 0 spiro atoms. The predicted molar refractivity (Wildman–Crippen MR) is 79.2 cm³/mol. The second kappa shape index (κ2) is 5.49. The van der Waals surface area contributed by atoms with Gasteiger partial charge < -0.3 is 4.74 Å². The highest BCUT2D eigenvalue weighted by atomic mass is 16.5. The Morgan fingerprint density at radius 1 is 1.15 bits per heavy atom. The van der Waals surface area contributed by atoms with Gasteiger partial charge >= 0.3 is 0 Å². The van der Waals surface area contributed by atoms with Crippen molar-refractivity contribution in [2.75, 3.05) is 7.11 Å². The van der Waals surface area contributed by atoms with Crippen LogP contribution < -0.4 is 4.74 Å². The van der Waals surface area contributed by atoms with Crippen molar-refractivity contribution in [2.45, 2.75) is 25.2 Å². The summed E-state index contributed by atoms with van der Waals surface area (Å²) in [5.41, 5.74) is 3.81. The maximum absolute atomic E-state index is 12.1. The number of methoxy groups -OCH3 is 1. The Kier molecular flexibility index (Phi) is 3.55. The molecule has 0 bridgehead atoms. The average molecular weight is 266 g/mol. The fourth-order valence-corrected chi connectivity index (χ4v) is 2.86. The average Bonchev–Trinajstić information content (AvgIpc) is 2.46. The van der Waals surface area contributed by atoms with Crippen LogP contribution in [0.3, 0.4) is 0 Å². The maximum Gasteiger partial charge on any atom is 0.137 e. The zero-order valence-corrected chi connectivity index (χ0v) is 11.6. The number of rotatable bonds is 5. The van der Waals surface area contributed by atoms with Crippen molar-refractivity contribution in [3.8, 4) is 5.75 Å². The molecule has 2 aromatic carbocycles. The van der Waals surface area contributed by atoms with E-state index >= 15 is 0 Å². The second-order valence-electron chi connectivity index (χ2n) is 5.37. The summed E-state index contributed by atoms with van der Waals surface area (Å²) < 4.78 is 5.12. The van der Waals surface area contributed by atoms with E-state index in [1.807, 2.05) is 24.3 Å². The van der Waals surface area contributed by atoms with Crippen LogP contribution in [0.4, 0.5) is 0 Å². The third-order valence-electron chi connectivity index (χ3n) is 4.00. The molecule has 3 rings (SSSR count). The van der Waals surface area contributed by atoms with Gasteiger partial charge in [-0.1, -0.05) is 36.4 Å². The van der Waals surface area contributed by atoms with Crippen LogP contribution in [0.15, 0.2) is 48.5 Å². The number of benzene rings is 2. The minimum atomic E-state index is 0.315. The van der Waals surface area contributed by atoms with Crippen LogP contribution in [-0.2, 0) is 17.6 Å². The Morgan fingerprint density at radius 2 is 1.90 bits per heavy atom. The SMILES string of the molecule is COc1ccc(CC(=O)CC2Cc3ccccc32)cc1. The minimum absolute atomic E-state index is 0.315. The Bertz CT molecular complexity index is 614. The molecule has 0 heterocycles. The third-order valence-corrected chi connectivity index (χ3v) is 4.00. The molecule has 1 unspecified atom stereocenters. The Labute approximate surface area is 119 Å². The Hall–Kier alpha value is -2.09. The summed E-state index contributed by atoms with van der Waals surface area (Å²) in [5.74, 6) is 1.57. The van der Waals surface area contributed by atoms with Gasteiger partial charge in [0.15, 0.2) is 0 Å². The monoisotopic (exact) mass is 266 g/mol. The summed E-state index contributed by atoms with van der Waals surface area (Å²) in [5, 5.41) is 0. The summed E-state index contributed by atoms with van der Waals surface area (Å²) in [7, 11) is 1.65. The van der Waals surface area contributed by atoms with Gasteiger partial charge in [-0.05, 0) is 41.2 Å². The molecule has 1 atom stereocenters. The lowest BCUT2D eigenvalue weighted by molar-refractivity contribution is -0.118. The highest BCUT2D eigenvalue weighted by Gasteiger charge is 2.27. The minimum Gasteiger partial charge on any atom is -0.497 e. The zero-order valence-electron chi connectivity index (χ0n) is 11.6. The lowest BCUT2D eigenvalue weighted by Crippen LogP contribution is -2.20. The standard InChI is InChI=1S/C18H18O2/c1-20-17-8-6-13(7-9-17)10-16(19)12-15-11-14-4-2-3-5-18(14)15/h2-9,15H,10-12H2,1H3. The molecule has 0 saturated heterocycles. The van der Waals surface area contributed by atoms with Gasteiger partial charge in [0, 0.05) is 12.8 Å². The Balaban J connectivity index is 1.58. The van der Waals surface area contributed by atoms with E-state index in [-0.39, 0.29) is 0 Å². The number of carbonyl (C=O) groups excluding carboxylic acids is 1. The number of ether oxygens (including phenoxy) is 1. The van der Waals surface area contributed by atoms with E-state index in [1.54, 1.807) is 7.11 Å². The number of hydrogen-bond acceptors (Lipinski definition) is 2. The summed E-state index contributed by atoms with van der Waals surface area (Å²) in [6, 6.07) is 16.1. The first-order chi connectivity index (χ1) is 9.76. The van der Waals surface area contributed by atoms with E-state index in [2.05, 4.69) is 24.3 Å². The molecule has 2 aromatic rings. The lowest BCUT2D eigenvalue weighted by Gasteiger charge is -2.29. The van der Waals surface area contributed by atoms with Crippen molar-refractivity contribution in [3.63, 3.8) is 0 Å². The molecule has 2 nitrogen and oxygen atoms in total. The molecule has 20 heavy (non-hydrogen) atoms. The maximum atomic E-state index is 12.1. The summed E-state index contributed by atoms with van der Waals surface area (Å²) in [6.07, 6.45) is 2.22. The van der Waals surface area contributed by atoms with Crippen molar-refractivity contribution in [3.05, 3.63) is 65.2 Å². The van der Waals surface area contributed by atoms with E-state index in [0.717, 1.165) is 17.7 Å². The lowest BCUT2D eigenvalue weighted by atomic mass is 9.75. The molecule has 0 fully saturated rings. The molecule has 102 valence electrons. The van der Waals surface area contributed by atoms with E-state index in [9.17, 15) is 4.79 Å². The molecule has 1 aliphatic carbocycles. The molecule has 0 radical (unpaired) electrons. The van der Waals surface area contributed by atoms with Gasteiger partial charge in [0.05, 0.1) is 7.11 Å². The van der Waals surface area contributed by atoms with E-state index < -0.39 is 0 Å². The molecular weight excluding hydrogens is 248 g/mol. The van der Waals surface area contributed by atoms with Crippen LogP contribution in [0, 0.1) is 0 Å². The van der Waals surface area contributed by atoms with Crippen LogP contribution in [-0.4, -0.2) is 12.9 Å². The molecule has 0 saturated carbocycles. The van der Waals surface area contributed by atoms with Crippen molar-refractivity contribution in [2.24, 2.45) is 0 Å². The predicted octanol–water partition coefficient (Wildman–Crippen LogP) is 3.54. The van der Waals surface area contributed by atoms with E-state index in [1.165, 1.54) is 11.1 Å². The smallest absolute Gasteiger partial charge is 0.137 e. The van der Waals surface area contributed by atoms with Gasteiger partial charge in [0.1, 0.15) is 11.5 Å². The van der Waals surface area contributed by atoms with Crippen LogP contribution in [0.5, 0.6) is 5.75 Å². The van der Waals surface area contributed by atoms with Crippen LogP contribution >= 0.6 is 0 Å². The Morgan fingerprint density at radius 3 is 2.60 bits per heavy atom. The molecule has 2 heteroatoms. The van der Waals surface area contributed by atoms with Crippen LogP contribution in [0.25, 0.3) is 0 Å². The highest BCUT2D eigenvalue weighted by molar-refractivity contribution is 5.82. The van der Waals surface area contributed by atoms with Crippen molar-refractivity contribution >= 4 is 5.78 Å². The normalized spacial score (nSPS) is 16.1. The third kappa shape index (κ3) is 2.60. The number of fused-ring (bicyclic) bond motifs is 1. The number of hydrogen-bond donors (Lipinski definition) is 0. The van der Waals surface area contributed by atoms with E-state index in [4.69, 9.17) is 4.74 Å². The van der Waals surface area contributed by atoms with Crippen LogP contribution in [0.1, 0.15) is 29.0 Å². The first kappa shape index (κ1) is 12.9. The van der Waals surface area contributed by atoms with Gasteiger partial charge in [-0.2, -0.15) is 0 Å². The quantitative estimate of drug-likeness (QED) is 0.827. The van der Waals surface area contributed by atoms with Gasteiger partial charge in [0.2, 0.25) is 0 Å². The van der Waals surface area contributed by atoms with Crippen molar-refractivity contribution in [1.82, 2.24) is 0 Å². The second-order valence-corrected chi connectivity index (χ2v) is 5.37. The van der Waals surface area contributed by atoms with Gasteiger partial charge in [0.25, 0.3) is 0 Å². The largest absolute Gasteiger partial charge is 0.497 e. The number of Topliss-reactive ketones (excluding diaryl/α,β-unsaturated/α-hetero) is 1. The fourth-order valence-electron chi connectivity index (χ4n) is 2.86. The summed E-state index contributed by atoms with van der Waals surface area (Å²) >= 11 is 0. The molecule has 0 aromatic heterocycles. The van der Waals surface area contributed by atoms with Crippen LogP contribution in [0.2, 0.25) is 0 Å². The molecule has 0 N–H and O–H groups in total. The number of carbonyl (C=O) groups is 1. The molecule has 1 aliphatic rings. The first-order valence-electron chi connectivity index (χ1n) is 6.98. The van der Waals surface area contributed by atoms with Gasteiger partial charge in [-0.15, -0.1) is 0 Å². The van der Waals surface area contributed by atoms with Crippen molar-refractivity contribution in [1.29, 1.82) is 0 Å². The molecular formula is C18H18O2. The molecule has 0 amide bonds. The van der Waals surface area contributed by atoms with Crippen molar-refractivity contribution < 1.29 is 9.53 Å². The highest BCUT2D eigenvalue weighted by Crippen LogP contribution is 2.37. The van der Waals surface area contributed by atoms with E-state index in [0.29, 0.717) is 24.5 Å². The summed E-state index contributed by atoms with van der Waals surface area (Å²) in [6.45, 7) is 0. The summed E-state index contributed by atoms with van der Waals surface area (Å²) in [4.78, 5) is 12.1. The number of ketones is 1. The van der Waals surface area contributed by atoms with Gasteiger partial charge in [-0.3, -0.25) is 4.79 Å². The molecule has 0 aliphatic heterocycles. The topological polar surface area (TPSA) is 26.3 Å². The van der Waals surface area contributed by atoms with Gasteiger partial charge in [-0.25, -0.2) is 0 Å². The zero-order chi connectivity index (χ0) is 13.9. The fraction of sp³-hybridized carbons (Fsp3) is 0.278. The first-order valence-corrected chi connectivity index (χ1v) is 6.98.